The first-order chi connectivity index (χ1) is 16.6. The topological polar surface area (TPSA) is 89.3 Å². The summed E-state index contributed by atoms with van der Waals surface area (Å²) in [7, 11) is 6.30. The third kappa shape index (κ3) is 5.32. The molecule has 0 radical (unpaired) electrons. The lowest BCUT2D eigenvalue weighted by Gasteiger charge is -2.16. The summed E-state index contributed by atoms with van der Waals surface area (Å²) in [6, 6.07) is 9.02. The zero-order valence-electron chi connectivity index (χ0n) is 20.9. The van der Waals surface area contributed by atoms with Crippen molar-refractivity contribution < 1.29 is 32.8 Å². The Labute approximate surface area is 211 Å². The molecule has 0 unspecified atom stereocenters. The van der Waals surface area contributed by atoms with E-state index >= 15 is 0 Å². The average Bonchev–Trinajstić information content (AvgIpc) is 3.07. The maximum absolute atomic E-state index is 12.9. The number of fused-ring (bicyclic) bond motifs is 1. The van der Waals surface area contributed by atoms with Crippen LogP contribution in [0.2, 0.25) is 0 Å². The predicted octanol–water partition coefficient (Wildman–Crippen LogP) is 3.99. The fourth-order valence-electron chi connectivity index (χ4n) is 3.83. The van der Waals surface area contributed by atoms with Crippen LogP contribution in [0.4, 0.5) is 11.4 Å². The number of benzene rings is 2. The highest BCUT2D eigenvalue weighted by Gasteiger charge is 2.38. The Morgan fingerprint density at radius 3 is 2.54 bits per heavy atom. The van der Waals surface area contributed by atoms with Crippen molar-refractivity contribution in [3.05, 3.63) is 41.5 Å². The molecule has 1 aliphatic rings. The summed E-state index contributed by atoms with van der Waals surface area (Å²) in [5, 5.41) is 2.89. The molecule has 2 aromatic rings. The smallest absolute Gasteiger partial charge is 0.275 e. The standard InChI is InChI=1S/C25H31N3O6S/c1-25(2)17-15-16(9-10-18(17)26-24(25)30)33-14-8-7-13-28(34-35)19-11-12-20(31-5)22(32-6)21(19)23(29)27(3)4/h9-13,15H,7-8,14H2,1-6H3,(H-,26,30,35)/p+1. The number of unbranched alkanes of at least 4 members (excludes halogenated alkanes) is 1. The van der Waals surface area contributed by atoms with Crippen LogP contribution in [0.5, 0.6) is 17.2 Å². The van der Waals surface area contributed by atoms with Gasteiger partial charge in [0.1, 0.15) is 18.7 Å². The molecule has 1 N–H and O–H groups in total. The maximum Gasteiger partial charge on any atom is 0.275 e. The van der Waals surface area contributed by atoms with Crippen molar-refractivity contribution in [3.8, 4) is 17.2 Å². The number of hydrogen-bond donors (Lipinski definition) is 2. The second-order valence-electron chi connectivity index (χ2n) is 8.76. The van der Waals surface area contributed by atoms with Crippen LogP contribution in [0.1, 0.15) is 42.6 Å². The van der Waals surface area contributed by atoms with Crippen LogP contribution < -0.4 is 19.5 Å². The largest absolute Gasteiger partial charge is 0.494 e. The highest BCUT2D eigenvalue weighted by atomic mass is 32.1. The van der Waals surface area contributed by atoms with Gasteiger partial charge in [-0.15, -0.1) is 0 Å². The van der Waals surface area contributed by atoms with Crippen LogP contribution in [0.25, 0.3) is 0 Å². The Morgan fingerprint density at radius 2 is 1.91 bits per heavy atom. The van der Waals surface area contributed by atoms with E-state index in [2.05, 4.69) is 18.2 Å². The van der Waals surface area contributed by atoms with Crippen LogP contribution in [0.15, 0.2) is 30.3 Å². The number of carbonyl (C=O) groups excluding carboxylic acids is 2. The van der Waals surface area contributed by atoms with Gasteiger partial charge >= 0.3 is 0 Å². The first-order valence-corrected chi connectivity index (χ1v) is 11.5. The molecule has 35 heavy (non-hydrogen) atoms. The van der Waals surface area contributed by atoms with Crippen LogP contribution in [-0.4, -0.2) is 62.6 Å². The molecule has 1 heterocycles. The van der Waals surface area contributed by atoms with Gasteiger partial charge in [0.2, 0.25) is 12.1 Å². The first kappa shape index (κ1) is 26.2. The van der Waals surface area contributed by atoms with Crippen LogP contribution in [0, 0.1) is 0 Å². The van der Waals surface area contributed by atoms with Crippen molar-refractivity contribution in [2.75, 3.05) is 40.2 Å². The lowest BCUT2D eigenvalue weighted by molar-refractivity contribution is -0.672. The van der Waals surface area contributed by atoms with Gasteiger partial charge in [-0.3, -0.25) is 9.59 Å². The van der Waals surface area contributed by atoms with E-state index in [1.54, 1.807) is 32.4 Å². The van der Waals surface area contributed by atoms with Crippen molar-refractivity contribution in [1.29, 1.82) is 0 Å². The summed E-state index contributed by atoms with van der Waals surface area (Å²) >= 11 is 3.98. The molecule has 0 saturated carbocycles. The number of hydrogen-bond acceptors (Lipinski definition) is 7. The average molecular weight is 503 g/mol. The Morgan fingerprint density at radius 1 is 1.17 bits per heavy atom. The number of thiol groups is 1. The minimum Gasteiger partial charge on any atom is -0.494 e. The molecule has 0 aromatic heterocycles. The number of methoxy groups -OCH3 is 2. The third-order valence-electron chi connectivity index (χ3n) is 5.86. The van der Waals surface area contributed by atoms with Crippen LogP contribution in [0.3, 0.4) is 0 Å². The van der Waals surface area contributed by atoms with Crippen LogP contribution in [-0.2, 0) is 14.5 Å². The molecular formula is C25H32N3O6S+. The third-order valence-corrected chi connectivity index (χ3v) is 6.04. The maximum atomic E-state index is 12.9. The monoisotopic (exact) mass is 502 g/mol. The summed E-state index contributed by atoms with van der Waals surface area (Å²) < 4.78 is 23.4. The van der Waals surface area contributed by atoms with E-state index in [1.165, 1.54) is 23.9 Å². The zero-order valence-corrected chi connectivity index (χ0v) is 21.8. The summed E-state index contributed by atoms with van der Waals surface area (Å²) in [5.41, 5.74) is 1.92. The second kappa shape index (κ2) is 10.9. The van der Waals surface area contributed by atoms with E-state index in [0.29, 0.717) is 47.9 Å². The fourth-order valence-corrected chi connectivity index (χ4v) is 3.98. The molecule has 0 spiro atoms. The van der Waals surface area contributed by atoms with E-state index in [1.807, 2.05) is 32.0 Å². The quantitative estimate of drug-likeness (QED) is 0.128. The highest BCUT2D eigenvalue weighted by molar-refractivity contribution is 7.74. The fraction of sp³-hybridized carbons (Fsp3) is 0.400. The first-order valence-electron chi connectivity index (χ1n) is 11.1. The summed E-state index contributed by atoms with van der Waals surface area (Å²) in [4.78, 5) is 26.5. The molecule has 3 rings (SSSR count). The molecule has 0 aliphatic carbocycles. The number of rotatable bonds is 10. The molecule has 9 nitrogen and oxygen atoms in total. The normalized spacial score (nSPS) is 14.1. The van der Waals surface area contributed by atoms with E-state index in [-0.39, 0.29) is 11.8 Å². The molecule has 1 aliphatic heterocycles. The van der Waals surface area contributed by atoms with Gasteiger partial charge in [-0.2, -0.15) is 4.28 Å². The van der Waals surface area contributed by atoms with Crippen LogP contribution >= 0.6 is 12.9 Å². The van der Waals surface area contributed by atoms with Gasteiger partial charge < -0.3 is 24.4 Å². The lowest BCUT2D eigenvalue weighted by atomic mass is 9.86. The van der Waals surface area contributed by atoms with Gasteiger partial charge in [-0.25, -0.2) is 0 Å². The Bertz CT molecular complexity index is 1150. The van der Waals surface area contributed by atoms with E-state index in [4.69, 9.17) is 18.5 Å². The zero-order chi connectivity index (χ0) is 25.8. The Hall–Kier alpha value is -3.40. The molecule has 2 aromatic carbocycles. The number of carbonyl (C=O) groups is 2. The summed E-state index contributed by atoms with van der Waals surface area (Å²) in [6.07, 6.45) is 3.04. The molecule has 0 fully saturated rings. The molecular weight excluding hydrogens is 470 g/mol. The van der Waals surface area contributed by atoms with Gasteiger partial charge in [-0.1, -0.05) is 0 Å². The molecule has 10 heteroatoms. The molecule has 2 amide bonds. The molecule has 188 valence electrons. The molecule has 0 bridgehead atoms. The lowest BCUT2D eigenvalue weighted by Crippen LogP contribution is -2.26. The van der Waals surface area contributed by atoms with Crippen molar-refractivity contribution >= 4 is 42.3 Å². The van der Waals surface area contributed by atoms with Gasteiger partial charge in [-0.05, 0) is 50.1 Å². The van der Waals surface area contributed by atoms with E-state index < -0.39 is 5.41 Å². The van der Waals surface area contributed by atoms with Crippen molar-refractivity contribution in [3.63, 3.8) is 0 Å². The van der Waals surface area contributed by atoms with Crippen molar-refractivity contribution in [1.82, 2.24) is 4.90 Å². The van der Waals surface area contributed by atoms with Gasteiger partial charge in [0.15, 0.2) is 17.1 Å². The van der Waals surface area contributed by atoms with Crippen molar-refractivity contribution in [2.45, 2.75) is 32.1 Å². The van der Waals surface area contributed by atoms with Gasteiger partial charge in [0.25, 0.3) is 11.6 Å². The minimum atomic E-state index is -0.589. The van der Waals surface area contributed by atoms with Gasteiger partial charge in [0.05, 0.1) is 26.2 Å². The number of amides is 2. The SMILES string of the molecule is COc1ccc([N+](=CCCCOc2ccc3c(c2)C(C)(C)C(=O)N3)OS)c(C(=O)N(C)C)c1OC. The minimum absolute atomic E-state index is 0.0200. The van der Waals surface area contributed by atoms with E-state index in [0.717, 1.165) is 11.3 Å². The number of ether oxygens (including phenoxy) is 3. The molecule has 0 atom stereocenters. The Kier molecular flexibility index (Phi) is 8.16. The highest BCUT2D eigenvalue weighted by Crippen LogP contribution is 2.40. The number of nitrogens with one attached hydrogen (secondary N) is 1. The van der Waals surface area contributed by atoms with Gasteiger partial charge in [0, 0.05) is 37.0 Å². The summed E-state index contributed by atoms with van der Waals surface area (Å²) in [6.45, 7) is 4.23. The second-order valence-corrected chi connectivity index (χ2v) is 8.93. The number of anilines is 1. The Balaban J connectivity index is 1.72. The number of nitrogens with zero attached hydrogens (tertiary/aromatic N) is 2. The predicted molar refractivity (Wildman–Crippen MR) is 136 cm³/mol. The summed E-state index contributed by atoms with van der Waals surface area (Å²) in [5.74, 6) is 1.16. The molecule has 0 saturated heterocycles. The van der Waals surface area contributed by atoms with Crippen molar-refractivity contribution in [2.24, 2.45) is 0 Å². The van der Waals surface area contributed by atoms with E-state index in [9.17, 15) is 9.59 Å².